The lowest BCUT2D eigenvalue weighted by Gasteiger charge is -2.11. The summed E-state index contributed by atoms with van der Waals surface area (Å²) in [6, 6.07) is 15.8. The Balaban J connectivity index is 1.62. The molecule has 0 spiro atoms. The van der Waals surface area contributed by atoms with Crippen LogP contribution in [0.25, 0.3) is 16.9 Å². The van der Waals surface area contributed by atoms with Crippen LogP contribution in [0, 0.1) is 0 Å². The zero-order valence-electron chi connectivity index (χ0n) is 13.8. The van der Waals surface area contributed by atoms with Gasteiger partial charge in [0.05, 0.1) is 25.2 Å². The first-order chi connectivity index (χ1) is 12.3. The lowest BCUT2D eigenvalue weighted by atomic mass is 10.1. The van der Waals surface area contributed by atoms with E-state index in [4.69, 9.17) is 9.47 Å². The second-order valence-electron chi connectivity index (χ2n) is 5.58. The van der Waals surface area contributed by atoms with Crippen LogP contribution in [-0.4, -0.2) is 21.5 Å². The molecule has 0 fully saturated rings. The number of benzene rings is 2. The standard InChI is InChI=1S/C20H17N3O2/c1-24-16-8-6-15(7-9-16)14-25-19-5-3-2-4-17(19)18-12-22-20-13-21-10-11-23(18)20/h2-13H,14H2,1H3. The summed E-state index contributed by atoms with van der Waals surface area (Å²) in [4.78, 5) is 8.51. The first kappa shape index (κ1) is 15.2. The molecule has 2 aromatic carbocycles. The predicted molar refractivity (Wildman–Crippen MR) is 95.7 cm³/mol. The zero-order chi connectivity index (χ0) is 17.1. The molecule has 2 heterocycles. The third-order valence-electron chi connectivity index (χ3n) is 4.03. The van der Waals surface area contributed by atoms with Crippen molar-refractivity contribution in [2.45, 2.75) is 6.61 Å². The summed E-state index contributed by atoms with van der Waals surface area (Å²) >= 11 is 0. The molecular weight excluding hydrogens is 314 g/mol. The third-order valence-corrected chi connectivity index (χ3v) is 4.03. The van der Waals surface area contributed by atoms with Crippen molar-refractivity contribution in [2.75, 3.05) is 7.11 Å². The number of para-hydroxylation sites is 1. The average Bonchev–Trinajstić information content (AvgIpc) is 3.11. The van der Waals surface area contributed by atoms with Crippen LogP contribution < -0.4 is 9.47 Å². The van der Waals surface area contributed by atoms with Gasteiger partial charge in [0, 0.05) is 18.0 Å². The van der Waals surface area contributed by atoms with Gasteiger partial charge < -0.3 is 9.47 Å². The number of rotatable bonds is 5. The number of hydrogen-bond acceptors (Lipinski definition) is 4. The monoisotopic (exact) mass is 331 g/mol. The molecule has 0 saturated heterocycles. The molecule has 0 atom stereocenters. The molecule has 5 nitrogen and oxygen atoms in total. The summed E-state index contributed by atoms with van der Waals surface area (Å²) in [5.41, 5.74) is 3.86. The molecule has 0 bridgehead atoms. The van der Waals surface area contributed by atoms with E-state index in [2.05, 4.69) is 9.97 Å². The van der Waals surface area contributed by atoms with Gasteiger partial charge >= 0.3 is 0 Å². The van der Waals surface area contributed by atoms with Crippen molar-refractivity contribution in [3.8, 4) is 22.8 Å². The fourth-order valence-electron chi connectivity index (χ4n) is 2.73. The van der Waals surface area contributed by atoms with Crippen LogP contribution in [-0.2, 0) is 6.61 Å². The van der Waals surface area contributed by atoms with Crippen molar-refractivity contribution >= 4 is 5.65 Å². The van der Waals surface area contributed by atoms with Gasteiger partial charge in [-0.3, -0.25) is 9.38 Å². The van der Waals surface area contributed by atoms with E-state index in [0.717, 1.165) is 34.0 Å². The Kier molecular flexibility index (Phi) is 4.04. The minimum Gasteiger partial charge on any atom is -0.497 e. The molecule has 0 N–H and O–H groups in total. The molecule has 5 heteroatoms. The lowest BCUT2D eigenvalue weighted by Crippen LogP contribution is -1.98. The zero-order valence-corrected chi connectivity index (χ0v) is 13.8. The molecule has 0 radical (unpaired) electrons. The van der Waals surface area contributed by atoms with Crippen LogP contribution in [0.15, 0.2) is 73.3 Å². The van der Waals surface area contributed by atoms with Gasteiger partial charge in [0.25, 0.3) is 0 Å². The quantitative estimate of drug-likeness (QED) is 0.555. The summed E-state index contributed by atoms with van der Waals surface area (Å²) in [6.07, 6.45) is 7.23. The minimum absolute atomic E-state index is 0.485. The smallest absolute Gasteiger partial charge is 0.155 e. The molecule has 124 valence electrons. The first-order valence-corrected chi connectivity index (χ1v) is 7.97. The van der Waals surface area contributed by atoms with Crippen LogP contribution in [0.5, 0.6) is 11.5 Å². The fourth-order valence-corrected chi connectivity index (χ4v) is 2.73. The average molecular weight is 331 g/mol. The number of imidazole rings is 1. The van der Waals surface area contributed by atoms with E-state index >= 15 is 0 Å². The van der Waals surface area contributed by atoms with Gasteiger partial charge in [-0.2, -0.15) is 0 Å². The van der Waals surface area contributed by atoms with Crippen LogP contribution in [0.3, 0.4) is 0 Å². The van der Waals surface area contributed by atoms with E-state index in [9.17, 15) is 0 Å². The molecule has 0 aliphatic rings. The Morgan fingerprint density at radius 3 is 2.68 bits per heavy atom. The highest BCUT2D eigenvalue weighted by Crippen LogP contribution is 2.30. The van der Waals surface area contributed by atoms with E-state index in [0.29, 0.717) is 6.61 Å². The van der Waals surface area contributed by atoms with Crippen molar-refractivity contribution in [3.63, 3.8) is 0 Å². The number of fused-ring (bicyclic) bond motifs is 1. The van der Waals surface area contributed by atoms with Gasteiger partial charge in [0.1, 0.15) is 18.1 Å². The molecule has 25 heavy (non-hydrogen) atoms. The van der Waals surface area contributed by atoms with Crippen LogP contribution in [0.2, 0.25) is 0 Å². The van der Waals surface area contributed by atoms with Gasteiger partial charge in [-0.25, -0.2) is 4.98 Å². The Morgan fingerprint density at radius 1 is 1.00 bits per heavy atom. The fraction of sp³-hybridized carbons (Fsp3) is 0.100. The molecule has 0 amide bonds. The van der Waals surface area contributed by atoms with E-state index in [-0.39, 0.29) is 0 Å². The largest absolute Gasteiger partial charge is 0.497 e. The highest BCUT2D eigenvalue weighted by atomic mass is 16.5. The number of hydrogen-bond donors (Lipinski definition) is 0. The van der Waals surface area contributed by atoms with Crippen molar-refractivity contribution < 1.29 is 9.47 Å². The Hall–Kier alpha value is -3.34. The normalized spacial score (nSPS) is 10.8. The molecule has 0 aliphatic heterocycles. The predicted octanol–water partition coefficient (Wildman–Crippen LogP) is 3.98. The van der Waals surface area contributed by atoms with E-state index in [1.54, 1.807) is 19.5 Å². The Bertz CT molecular complexity index is 993. The van der Waals surface area contributed by atoms with Gasteiger partial charge in [0.2, 0.25) is 0 Å². The van der Waals surface area contributed by atoms with Crippen molar-refractivity contribution in [1.82, 2.24) is 14.4 Å². The summed E-state index contributed by atoms with van der Waals surface area (Å²) in [5.74, 6) is 1.65. The molecule has 2 aromatic heterocycles. The number of ether oxygens (including phenoxy) is 2. The van der Waals surface area contributed by atoms with Gasteiger partial charge in [-0.15, -0.1) is 0 Å². The van der Waals surface area contributed by atoms with Crippen LogP contribution >= 0.6 is 0 Å². The second-order valence-corrected chi connectivity index (χ2v) is 5.58. The summed E-state index contributed by atoms with van der Waals surface area (Å²) in [7, 11) is 1.66. The number of methoxy groups -OCH3 is 1. The second kappa shape index (κ2) is 6.65. The topological polar surface area (TPSA) is 48.7 Å². The Morgan fingerprint density at radius 2 is 1.84 bits per heavy atom. The number of nitrogens with zero attached hydrogens (tertiary/aromatic N) is 3. The number of aromatic nitrogens is 3. The van der Waals surface area contributed by atoms with E-state index in [1.165, 1.54) is 0 Å². The molecule has 0 unspecified atom stereocenters. The highest BCUT2D eigenvalue weighted by Gasteiger charge is 2.11. The summed E-state index contributed by atoms with van der Waals surface area (Å²) in [6.45, 7) is 0.485. The maximum Gasteiger partial charge on any atom is 0.155 e. The Labute approximate surface area is 145 Å². The molecular formula is C20H17N3O2. The molecule has 0 saturated carbocycles. The maximum absolute atomic E-state index is 6.07. The van der Waals surface area contributed by atoms with Crippen molar-refractivity contribution in [3.05, 3.63) is 78.9 Å². The van der Waals surface area contributed by atoms with Crippen molar-refractivity contribution in [1.29, 1.82) is 0 Å². The van der Waals surface area contributed by atoms with Crippen LogP contribution in [0.4, 0.5) is 0 Å². The highest BCUT2D eigenvalue weighted by molar-refractivity contribution is 5.69. The third kappa shape index (κ3) is 3.04. The SMILES string of the molecule is COc1ccc(COc2ccccc2-c2cnc3cnccn23)cc1. The molecule has 4 rings (SSSR count). The van der Waals surface area contributed by atoms with Gasteiger partial charge in [0.15, 0.2) is 5.65 Å². The van der Waals surface area contributed by atoms with Gasteiger partial charge in [-0.1, -0.05) is 24.3 Å². The lowest BCUT2D eigenvalue weighted by molar-refractivity contribution is 0.307. The van der Waals surface area contributed by atoms with E-state index < -0.39 is 0 Å². The molecule has 4 aromatic rings. The summed E-state index contributed by atoms with van der Waals surface area (Å²) in [5, 5.41) is 0. The van der Waals surface area contributed by atoms with E-state index in [1.807, 2.05) is 65.3 Å². The molecule has 0 aliphatic carbocycles. The van der Waals surface area contributed by atoms with Gasteiger partial charge in [-0.05, 0) is 29.8 Å². The van der Waals surface area contributed by atoms with Crippen LogP contribution in [0.1, 0.15) is 5.56 Å². The van der Waals surface area contributed by atoms with Crippen molar-refractivity contribution in [2.24, 2.45) is 0 Å². The first-order valence-electron chi connectivity index (χ1n) is 7.97. The minimum atomic E-state index is 0.485. The summed E-state index contributed by atoms with van der Waals surface area (Å²) < 4.78 is 13.3. The maximum atomic E-state index is 6.07.